The van der Waals surface area contributed by atoms with E-state index in [2.05, 4.69) is 5.32 Å². The molecule has 0 heterocycles. The van der Waals surface area contributed by atoms with Gasteiger partial charge in [0, 0.05) is 20.0 Å². The molecule has 0 fully saturated rings. The van der Waals surface area contributed by atoms with Crippen LogP contribution in [0.1, 0.15) is 24.5 Å². The second-order valence-electron chi connectivity index (χ2n) is 6.80. The summed E-state index contributed by atoms with van der Waals surface area (Å²) in [6, 6.07) is 15.1. The minimum absolute atomic E-state index is 0.0492. The van der Waals surface area contributed by atoms with Gasteiger partial charge >= 0.3 is 0 Å². The number of hydrogen-bond donors (Lipinski definition) is 1. The van der Waals surface area contributed by atoms with Gasteiger partial charge in [-0.2, -0.15) is 0 Å². The lowest BCUT2D eigenvalue weighted by Crippen LogP contribution is -2.48. The van der Waals surface area contributed by atoms with E-state index in [0.29, 0.717) is 37.3 Å². The maximum Gasteiger partial charge on any atom is 0.242 e. The zero-order chi connectivity index (χ0) is 21.2. The quantitative estimate of drug-likeness (QED) is 0.668. The Hall–Kier alpha value is -3.02. The molecule has 29 heavy (non-hydrogen) atoms. The number of aryl methyl sites for hydroxylation is 1. The number of hydrogen-bond acceptors (Lipinski definition) is 4. The maximum absolute atomic E-state index is 13.0. The summed E-state index contributed by atoms with van der Waals surface area (Å²) >= 11 is 0. The van der Waals surface area contributed by atoms with Gasteiger partial charge in [-0.15, -0.1) is 0 Å². The highest BCUT2D eigenvalue weighted by atomic mass is 16.5. The molecule has 0 bridgehead atoms. The number of likely N-dealkylation sites (N-methyl/N-ethyl adjacent to an activating group) is 1. The van der Waals surface area contributed by atoms with Crippen LogP contribution in [0, 0.1) is 0 Å². The van der Waals surface area contributed by atoms with Gasteiger partial charge in [0.05, 0.1) is 14.2 Å². The van der Waals surface area contributed by atoms with E-state index in [1.165, 1.54) is 0 Å². The van der Waals surface area contributed by atoms with E-state index in [-0.39, 0.29) is 11.8 Å². The molecular formula is C23H30N2O4. The molecule has 2 rings (SSSR count). The first-order chi connectivity index (χ1) is 14.0. The van der Waals surface area contributed by atoms with E-state index in [9.17, 15) is 9.59 Å². The van der Waals surface area contributed by atoms with E-state index >= 15 is 0 Å². The predicted octanol–water partition coefficient (Wildman–Crippen LogP) is 2.84. The molecule has 1 atom stereocenters. The number of rotatable bonds is 10. The van der Waals surface area contributed by atoms with Gasteiger partial charge < -0.3 is 19.7 Å². The Labute approximate surface area is 172 Å². The highest BCUT2D eigenvalue weighted by molar-refractivity contribution is 5.87. The third kappa shape index (κ3) is 6.24. The molecule has 2 amide bonds. The van der Waals surface area contributed by atoms with E-state index in [0.717, 1.165) is 11.1 Å². The monoisotopic (exact) mass is 398 g/mol. The molecule has 0 aromatic heterocycles. The smallest absolute Gasteiger partial charge is 0.242 e. The lowest BCUT2D eigenvalue weighted by molar-refractivity contribution is -0.139. The summed E-state index contributed by atoms with van der Waals surface area (Å²) in [6.07, 6.45) is 1.57. The van der Waals surface area contributed by atoms with Crippen LogP contribution in [0.15, 0.2) is 48.5 Å². The van der Waals surface area contributed by atoms with Crippen LogP contribution < -0.4 is 14.8 Å². The summed E-state index contributed by atoms with van der Waals surface area (Å²) < 4.78 is 10.6. The Morgan fingerprint density at radius 2 is 1.66 bits per heavy atom. The van der Waals surface area contributed by atoms with Crippen LogP contribution in [0.25, 0.3) is 0 Å². The fourth-order valence-electron chi connectivity index (χ4n) is 3.21. The van der Waals surface area contributed by atoms with Crippen LogP contribution in [0.3, 0.4) is 0 Å². The zero-order valence-corrected chi connectivity index (χ0v) is 17.6. The minimum atomic E-state index is -0.526. The van der Waals surface area contributed by atoms with Gasteiger partial charge in [0.25, 0.3) is 0 Å². The van der Waals surface area contributed by atoms with Crippen molar-refractivity contribution >= 4 is 11.8 Å². The molecule has 0 unspecified atom stereocenters. The van der Waals surface area contributed by atoms with Crippen LogP contribution in [0.4, 0.5) is 0 Å². The van der Waals surface area contributed by atoms with Gasteiger partial charge in [-0.05, 0) is 43.0 Å². The molecule has 0 saturated carbocycles. The van der Waals surface area contributed by atoms with Crippen molar-refractivity contribution in [3.05, 3.63) is 59.7 Å². The Morgan fingerprint density at radius 3 is 2.28 bits per heavy atom. The SMILES string of the molecule is CNC(=O)[C@H](C)N(CCc1ccccc1)C(=O)CCc1ccc(OC)c(OC)c1. The molecule has 0 spiro atoms. The van der Waals surface area contributed by atoms with Gasteiger partial charge in [0.1, 0.15) is 6.04 Å². The van der Waals surface area contributed by atoms with Crippen molar-refractivity contribution in [3.8, 4) is 11.5 Å². The highest BCUT2D eigenvalue weighted by Gasteiger charge is 2.24. The van der Waals surface area contributed by atoms with Crippen molar-refractivity contribution in [1.82, 2.24) is 10.2 Å². The van der Waals surface area contributed by atoms with Crippen molar-refractivity contribution in [2.75, 3.05) is 27.8 Å². The molecule has 6 nitrogen and oxygen atoms in total. The van der Waals surface area contributed by atoms with Gasteiger partial charge in [0.15, 0.2) is 11.5 Å². The molecule has 2 aromatic rings. The van der Waals surface area contributed by atoms with Crippen molar-refractivity contribution in [1.29, 1.82) is 0 Å². The van der Waals surface area contributed by atoms with Crippen molar-refractivity contribution < 1.29 is 19.1 Å². The number of amides is 2. The Kier molecular flexibility index (Phi) is 8.52. The number of ether oxygens (including phenoxy) is 2. The number of nitrogens with one attached hydrogen (secondary N) is 1. The molecule has 2 aromatic carbocycles. The van der Waals surface area contributed by atoms with Gasteiger partial charge in [0.2, 0.25) is 11.8 Å². The lowest BCUT2D eigenvalue weighted by Gasteiger charge is -2.28. The molecule has 0 aliphatic heterocycles. The van der Waals surface area contributed by atoms with E-state index in [1.54, 1.807) is 33.1 Å². The Bertz CT molecular complexity index is 808. The van der Waals surface area contributed by atoms with Gasteiger partial charge in [-0.1, -0.05) is 36.4 Å². The van der Waals surface area contributed by atoms with E-state index in [1.807, 2.05) is 48.5 Å². The average Bonchev–Trinajstić information content (AvgIpc) is 2.77. The Balaban J connectivity index is 2.07. The van der Waals surface area contributed by atoms with E-state index in [4.69, 9.17) is 9.47 Å². The van der Waals surface area contributed by atoms with Crippen LogP contribution >= 0.6 is 0 Å². The maximum atomic E-state index is 13.0. The molecule has 1 N–H and O–H groups in total. The Morgan fingerprint density at radius 1 is 0.966 bits per heavy atom. The lowest BCUT2D eigenvalue weighted by atomic mass is 10.1. The van der Waals surface area contributed by atoms with Crippen molar-refractivity contribution in [2.45, 2.75) is 32.2 Å². The van der Waals surface area contributed by atoms with Crippen LogP contribution in [-0.2, 0) is 22.4 Å². The molecule has 0 radical (unpaired) electrons. The van der Waals surface area contributed by atoms with Gasteiger partial charge in [-0.25, -0.2) is 0 Å². The second kappa shape index (κ2) is 11.1. The summed E-state index contributed by atoms with van der Waals surface area (Å²) in [4.78, 5) is 26.8. The molecule has 156 valence electrons. The molecular weight excluding hydrogens is 368 g/mol. The third-order valence-electron chi connectivity index (χ3n) is 4.97. The number of carbonyl (C=O) groups is 2. The summed E-state index contributed by atoms with van der Waals surface area (Å²) in [5.41, 5.74) is 2.11. The second-order valence-corrected chi connectivity index (χ2v) is 6.80. The molecule has 0 saturated heterocycles. The van der Waals surface area contributed by atoms with Crippen LogP contribution in [-0.4, -0.2) is 50.6 Å². The zero-order valence-electron chi connectivity index (χ0n) is 17.6. The highest BCUT2D eigenvalue weighted by Crippen LogP contribution is 2.28. The number of methoxy groups -OCH3 is 2. The first kappa shape index (κ1) is 22.3. The topological polar surface area (TPSA) is 67.9 Å². The first-order valence-electron chi connectivity index (χ1n) is 9.76. The average molecular weight is 399 g/mol. The third-order valence-corrected chi connectivity index (χ3v) is 4.97. The number of benzene rings is 2. The summed E-state index contributed by atoms with van der Waals surface area (Å²) in [5, 5.41) is 2.64. The summed E-state index contributed by atoms with van der Waals surface area (Å²) in [7, 11) is 4.76. The number of carbonyl (C=O) groups excluding carboxylic acids is 2. The van der Waals surface area contributed by atoms with Crippen molar-refractivity contribution in [3.63, 3.8) is 0 Å². The number of nitrogens with zero attached hydrogens (tertiary/aromatic N) is 1. The molecule has 0 aliphatic rings. The minimum Gasteiger partial charge on any atom is -0.493 e. The normalized spacial score (nSPS) is 11.4. The van der Waals surface area contributed by atoms with Crippen molar-refractivity contribution in [2.24, 2.45) is 0 Å². The van der Waals surface area contributed by atoms with Crippen LogP contribution in [0.2, 0.25) is 0 Å². The first-order valence-corrected chi connectivity index (χ1v) is 9.76. The standard InChI is InChI=1S/C23H30N2O4/c1-17(23(27)24-2)25(15-14-18-8-6-5-7-9-18)22(26)13-11-19-10-12-20(28-3)21(16-19)29-4/h5-10,12,16-17H,11,13-15H2,1-4H3,(H,24,27)/t17-/m0/s1. The molecule has 0 aliphatic carbocycles. The largest absolute Gasteiger partial charge is 0.493 e. The van der Waals surface area contributed by atoms with E-state index < -0.39 is 6.04 Å². The predicted molar refractivity (Wildman–Crippen MR) is 113 cm³/mol. The fraction of sp³-hybridized carbons (Fsp3) is 0.391. The summed E-state index contributed by atoms with van der Waals surface area (Å²) in [5.74, 6) is 1.07. The molecule has 6 heteroatoms. The fourth-order valence-corrected chi connectivity index (χ4v) is 3.21. The van der Waals surface area contributed by atoms with Gasteiger partial charge in [-0.3, -0.25) is 9.59 Å². The van der Waals surface area contributed by atoms with Crippen LogP contribution in [0.5, 0.6) is 11.5 Å². The summed E-state index contributed by atoms with van der Waals surface area (Å²) in [6.45, 7) is 2.25.